The highest BCUT2D eigenvalue weighted by Crippen LogP contribution is 2.47. The minimum atomic E-state index is -1.22. The maximum absolute atomic E-state index is 13.5. The highest BCUT2D eigenvalue weighted by Gasteiger charge is 2.43. The van der Waals surface area contributed by atoms with Crippen LogP contribution in [-0.4, -0.2) is 12.0 Å². The molecule has 2 atom stereocenters. The molecule has 1 fully saturated rings. The van der Waals surface area contributed by atoms with E-state index >= 15 is 0 Å². The third-order valence-electron chi connectivity index (χ3n) is 3.25. The lowest BCUT2D eigenvalue weighted by atomic mass is 9.73. The first kappa shape index (κ1) is 10.7. The van der Waals surface area contributed by atoms with Gasteiger partial charge >= 0.3 is 0 Å². The number of hydrogen-bond donors (Lipinski definition) is 0. The van der Waals surface area contributed by atoms with Gasteiger partial charge in [-0.3, -0.25) is 0 Å². The van der Waals surface area contributed by atoms with Crippen molar-refractivity contribution in [1.29, 1.82) is 0 Å². The zero-order chi connectivity index (χ0) is 10.1. The SMILES string of the molecule is CC1CCCC1(C=O)CC(C)(C)F. The van der Waals surface area contributed by atoms with E-state index in [1.807, 2.05) is 0 Å². The van der Waals surface area contributed by atoms with E-state index in [9.17, 15) is 9.18 Å². The van der Waals surface area contributed by atoms with Crippen molar-refractivity contribution in [3.63, 3.8) is 0 Å². The Morgan fingerprint density at radius 3 is 2.54 bits per heavy atom. The van der Waals surface area contributed by atoms with Crippen LogP contribution in [-0.2, 0) is 4.79 Å². The van der Waals surface area contributed by atoms with Crippen LogP contribution < -0.4 is 0 Å². The van der Waals surface area contributed by atoms with E-state index in [4.69, 9.17) is 0 Å². The first-order chi connectivity index (χ1) is 5.90. The van der Waals surface area contributed by atoms with Crippen LogP contribution in [0.1, 0.15) is 46.5 Å². The summed E-state index contributed by atoms with van der Waals surface area (Å²) >= 11 is 0. The molecule has 0 heterocycles. The van der Waals surface area contributed by atoms with Gasteiger partial charge in [0.2, 0.25) is 0 Å². The van der Waals surface area contributed by atoms with Gasteiger partial charge in [-0.1, -0.05) is 13.3 Å². The summed E-state index contributed by atoms with van der Waals surface area (Å²) < 4.78 is 13.5. The van der Waals surface area contributed by atoms with Crippen molar-refractivity contribution in [2.45, 2.75) is 52.1 Å². The lowest BCUT2D eigenvalue weighted by molar-refractivity contribution is -0.120. The maximum atomic E-state index is 13.5. The van der Waals surface area contributed by atoms with E-state index in [-0.39, 0.29) is 5.41 Å². The van der Waals surface area contributed by atoms with Gasteiger partial charge in [0.05, 0.1) is 0 Å². The van der Waals surface area contributed by atoms with E-state index < -0.39 is 5.67 Å². The third-order valence-corrected chi connectivity index (χ3v) is 3.25. The van der Waals surface area contributed by atoms with Gasteiger partial charge < -0.3 is 4.79 Å². The molecule has 1 aliphatic carbocycles. The lowest BCUT2D eigenvalue weighted by Gasteiger charge is -2.32. The molecule has 0 aromatic rings. The second-order valence-electron chi connectivity index (χ2n) is 5.04. The zero-order valence-electron chi connectivity index (χ0n) is 8.77. The maximum Gasteiger partial charge on any atom is 0.126 e. The highest BCUT2D eigenvalue weighted by molar-refractivity contribution is 5.60. The fourth-order valence-electron chi connectivity index (χ4n) is 2.53. The fourth-order valence-corrected chi connectivity index (χ4v) is 2.53. The number of alkyl halides is 1. The van der Waals surface area contributed by atoms with Gasteiger partial charge in [0.15, 0.2) is 0 Å². The van der Waals surface area contributed by atoms with Crippen LogP contribution in [0.25, 0.3) is 0 Å². The predicted octanol–water partition coefficient (Wildman–Crippen LogP) is 3.13. The molecule has 2 heteroatoms. The van der Waals surface area contributed by atoms with Gasteiger partial charge in [0, 0.05) is 5.41 Å². The minimum absolute atomic E-state index is 0.347. The molecule has 13 heavy (non-hydrogen) atoms. The van der Waals surface area contributed by atoms with Crippen LogP contribution in [0, 0.1) is 11.3 Å². The molecule has 1 saturated carbocycles. The smallest absolute Gasteiger partial charge is 0.126 e. The molecule has 0 radical (unpaired) electrons. The van der Waals surface area contributed by atoms with Gasteiger partial charge in [0.1, 0.15) is 12.0 Å². The Kier molecular flexibility index (Phi) is 2.79. The van der Waals surface area contributed by atoms with Crippen LogP contribution in [0.2, 0.25) is 0 Å². The monoisotopic (exact) mass is 186 g/mol. The zero-order valence-corrected chi connectivity index (χ0v) is 8.77. The molecule has 0 N–H and O–H groups in total. The van der Waals surface area contributed by atoms with Crippen LogP contribution in [0.4, 0.5) is 4.39 Å². The Morgan fingerprint density at radius 2 is 2.23 bits per heavy atom. The van der Waals surface area contributed by atoms with Crippen LogP contribution in [0.5, 0.6) is 0 Å². The molecule has 0 amide bonds. The Morgan fingerprint density at radius 1 is 1.62 bits per heavy atom. The minimum Gasteiger partial charge on any atom is -0.303 e. The number of aldehydes is 1. The summed E-state index contributed by atoms with van der Waals surface area (Å²) in [4.78, 5) is 11.1. The van der Waals surface area contributed by atoms with Crippen LogP contribution in [0.3, 0.4) is 0 Å². The number of rotatable bonds is 3. The summed E-state index contributed by atoms with van der Waals surface area (Å²) in [7, 11) is 0. The third kappa shape index (κ3) is 2.29. The summed E-state index contributed by atoms with van der Waals surface area (Å²) in [6, 6.07) is 0. The Balaban J connectivity index is 2.76. The molecule has 76 valence electrons. The average Bonchev–Trinajstić information content (AvgIpc) is 2.30. The molecule has 0 aliphatic heterocycles. The van der Waals surface area contributed by atoms with Crippen molar-refractivity contribution in [3.05, 3.63) is 0 Å². The molecule has 2 unspecified atom stereocenters. The highest BCUT2D eigenvalue weighted by atomic mass is 19.1. The number of carbonyl (C=O) groups is 1. The van der Waals surface area contributed by atoms with Gasteiger partial charge in [-0.05, 0) is 39.0 Å². The summed E-state index contributed by atoms with van der Waals surface area (Å²) in [6.07, 6.45) is 4.37. The second kappa shape index (κ2) is 3.39. The standard InChI is InChI=1S/C11H19FO/c1-9-5-4-6-11(9,8-13)7-10(2,3)12/h8-9H,4-7H2,1-3H3. The number of carbonyl (C=O) groups excluding carboxylic acids is 1. The van der Waals surface area contributed by atoms with E-state index in [1.54, 1.807) is 13.8 Å². The van der Waals surface area contributed by atoms with Crippen molar-refractivity contribution in [2.75, 3.05) is 0 Å². The van der Waals surface area contributed by atoms with Gasteiger partial charge in [-0.25, -0.2) is 4.39 Å². The van der Waals surface area contributed by atoms with Crippen molar-refractivity contribution in [1.82, 2.24) is 0 Å². The second-order valence-corrected chi connectivity index (χ2v) is 5.04. The fraction of sp³-hybridized carbons (Fsp3) is 0.909. The van der Waals surface area contributed by atoms with Gasteiger partial charge in [-0.15, -0.1) is 0 Å². The quantitative estimate of drug-likeness (QED) is 0.619. The van der Waals surface area contributed by atoms with Crippen molar-refractivity contribution in [3.8, 4) is 0 Å². The molecule has 0 spiro atoms. The summed E-state index contributed by atoms with van der Waals surface area (Å²) in [5.74, 6) is 0.347. The van der Waals surface area contributed by atoms with E-state index in [1.165, 1.54) is 0 Å². The molecule has 0 aromatic carbocycles. The molecule has 1 aliphatic rings. The first-order valence-corrected chi connectivity index (χ1v) is 5.05. The van der Waals surface area contributed by atoms with E-state index in [2.05, 4.69) is 6.92 Å². The first-order valence-electron chi connectivity index (χ1n) is 5.05. The molecule has 0 aromatic heterocycles. The Hall–Kier alpha value is -0.400. The van der Waals surface area contributed by atoms with Crippen LogP contribution >= 0.6 is 0 Å². The van der Waals surface area contributed by atoms with E-state index in [0.717, 1.165) is 25.5 Å². The predicted molar refractivity (Wildman–Crippen MR) is 51.3 cm³/mol. The van der Waals surface area contributed by atoms with Crippen molar-refractivity contribution < 1.29 is 9.18 Å². The molecular weight excluding hydrogens is 167 g/mol. The molecule has 0 bridgehead atoms. The topological polar surface area (TPSA) is 17.1 Å². The average molecular weight is 186 g/mol. The summed E-state index contributed by atoms with van der Waals surface area (Å²) in [6.45, 7) is 5.18. The van der Waals surface area contributed by atoms with Gasteiger partial charge in [0.25, 0.3) is 0 Å². The Bertz CT molecular complexity index is 195. The number of hydrogen-bond acceptors (Lipinski definition) is 1. The van der Waals surface area contributed by atoms with Gasteiger partial charge in [-0.2, -0.15) is 0 Å². The molecule has 0 saturated heterocycles. The van der Waals surface area contributed by atoms with E-state index in [0.29, 0.717) is 12.3 Å². The summed E-state index contributed by atoms with van der Waals surface area (Å²) in [5, 5.41) is 0. The largest absolute Gasteiger partial charge is 0.303 e. The lowest BCUT2D eigenvalue weighted by Crippen LogP contribution is -2.33. The normalized spacial score (nSPS) is 34.9. The van der Waals surface area contributed by atoms with Crippen LogP contribution in [0.15, 0.2) is 0 Å². The van der Waals surface area contributed by atoms with Crippen molar-refractivity contribution >= 4 is 6.29 Å². The summed E-state index contributed by atoms with van der Waals surface area (Å²) in [5.41, 5.74) is -1.60. The molecule has 1 rings (SSSR count). The number of halogens is 1. The molecular formula is C11H19FO. The molecule has 1 nitrogen and oxygen atoms in total. The Labute approximate surface area is 79.7 Å². The van der Waals surface area contributed by atoms with Crippen molar-refractivity contribution in [2.24, 2.45) is 11.3 Å².